The molecule has 0 aromatic carbocycles. The van der Waals surface area contributed by atoms with Crippen molar-refractivity contribution in [1.82, 2.24) is 20.2 Å². The Bertz CT molecular complexity index is 608. The lowest BCUT2D eigenvalue weighted by molar-refractivity contribution is 0.0875. The molecule has 1 fully saturated rings. The maximum atomic E-state index is 5.48. The van der Waals surface area contributed by atoms with E-state index < -0.39 is 0 Å². The number of aromatic nitrogens is 4. The largest absolute Gasteiger partial charge is 0.379 e. The molecule has 124 valence electrons. The summed E-state index contributed by atoms with van der Waals surface area (Å²) in [6.45, 7) is 4.53. The average Bonchev–Trinajstić information content (AvgIpc) is 2.98. The van der Waals surface area contributed by atoms with E-state index in [0.717, 1.165) is 62.8 Å². The van der Waals surface area contributed by atoms with Crippen LogP contribution in [-0.4, -0.2) is 46.0 Å². The highest BCUT2D eigenvalue weighted by Gasteiger charge is 2.14. The van der Waals surface area contributed by atoms with Crippen LogP contribution in [0.25, 0.3) is 0 Å². The van der Waals surface area contributed by atoms with Gasteiger partial charge in [0, 0.05) is 24.9 Å². The van der Waals surface area contributed by atoms with Crippen LogP contribution in [0, 0.1) is 6.92 Å². The molecule has 23 heavy (non-hydrogen) atoms. The number of H-pyrrole nitrogens is 1. The molecular formula is C16H24N6O. The van der Waals surface area contributed by atoms with E-state index in [0.29, 0.717) is 6.04 Å². The zero-order valence-corrected chi connectivity index (χ0v) is 13.5. The maximum Gasteiger partial charge on any atom is 0.131 e. The van der Waals surface area contributed by atoms with E-state index in [1.165, 1.54) is 5.56 Å². The van der Waals surface area contributed by atoms with Gasteiger partial charge in [-0.1, -0.05) is 0 Å². The van der Waals surface area contributed by atoms with Crippen molar-refractivity contribution in [3.8, 4) is 0 Å². The quantitative estimate of drug-likeness (QED) is 0.678. The first-order valence-corrected chi connectivity index (χ1v) is 8.20. The van der Waals surface area contributed by atoms with Gasteiger partial charge in [-0.15, -0.1) is 0 Å². The summed E-state index contributed by atoms with van der Waals surface area (Å²) in [4.78, 5) is 8.56. The predicted octanol–water partition coefficient (Wildman–Crippen LogP) is 2.14. The number of hydrogen-bond donors (Lipinski definition) is 3. The van der Waals surface area contributed by atoms with Crippen molar-refractivity contribution in [2.45, 2.75) is 38.6 Å². The highest BCUT2D eigenvalue weighted by Crippen LogP contribution is 2.14. The van der Waals surface area contributed by atoms with Gasteiger partial charge in [-0.05, 0) is 38.2 Å². The second-order valence-electron chi connectivity index (χ2n) is 5.90. The first kappa shape index (κ1) is 15.7. The second kappa shape index (κ2) is 7.92. The third kappa shape index (κ3) is 4.66. The summed E-state index contributed by atoms with van der Waals surface area (Å²) in [6.07, 6.45) is 7.75. The predicted molar refractivity (Wildman–Crippen MR) is 89.6 cm³/mol. The molecule has 0 spiro atoms. The van der Waals surface area contributed by atoms with Gasteiger partial charge in [-0.2, -0.15) is 5.10 Å². The van der Waals surface area contributed by atoms with Gasteiger partial charge in [-0.25, -0.2) is 9.97 Å². The van der Waals surface area contributed by atoms with E-state index in [4.69, 9.17) is 4.74 Å². The molecule has 0 saturated carbocycles. The number of aryl methyl sites for hydroxylation is 2. The fraction of sp³-hybridized carbons (Fsp3) is 0.562. The molecule has 0 amide bonds. The Morgan fingerprint density at radius 3 is 3.04 bits per heavy atom. The minimum atomic E-state index is 0.343. The van der Waals surface area contributed by atoms with E-state index in [9.17, 15) is 0 Å². The Labute approximate surface area is 136 Å². The zero-order valence-electron chi connectivity index (χ0n) is 13.5. The van der Waals surface area contributed by atoms with Crippen LogP contribution in [0.15, 0.2) is 18.6 Å². The van der Waals surface area contributed by atoms with Gasteiger partial charge in [0.05, 0.1) is 18.8 Å². The second-order valence-corrected chi connectivity index (χ2v) is 5.90. The van der Waals surface area contributed by atoms with E-state index in [1.807, 2.05) is 19.2 Å². The van der Waals surface area contributed by atoms with Crippen LogP contribution in [0.1, 0.15) is 30.5 Å². The Kier molecular flexibility index (Phi) is 5.42. The minimum Gasteiger partial charge on any atom is -0.379 e. The SMILES string of the molecule is Cc1[nH]ncc1CCCNc1cc(N[C@H]2CCCOC2)ncn1. The maximum absolute atomic E-state index is 5.48. The molecule has 2 aromatic heterocycles. The van der Waals surface area contributed by atoms with Gasteiger partial charge in [0.15, 0.2) is 0 Å². The van der Waals surface area contributed by atoms with E-state index in [-0.39, 0.29) is 0 Å². The van der Waals surface area contributed by atoms with Gasteiger partial charge in [0.1, 0.15) is 18.0 Å². The van der Waals surface area contributed by atoms with Crippen LogP contribution in [0.2, 0.25) is 0 Å². The van der Waals surface area contributed by atoms with Crippen LogP contribution in [0.4, 0.5) is 11.6 Å². The van der Waals surface area contributed by atoms with Gasteiger partial charge in [0.2, 0.25) is 0 Å². The van der Waals surface area contributed by atoms with Crippen molar-refractivity contribution in [3.05, 3.63) is 29.8 Å². The summed E-state index contributed by atoms with van der Waals surface area (Å²) in [6, 6.07) is 2.30. The summed E-state index contributed by atoms with van der Waals surface area (Å²) in [5.41, 5.74) is 2.42. The molecule has 7 nitrogen and oxygen atoms in total. The normalized spacial score (nSPS) is 17.9. The van der Waals surface area contributed by atoms with Crippen molar-refractivity contribution in [1.29, 1.82) is 0 Å². The number of nitrogens with one attached hydrogen (secondary N) is 3. The van der Waals surface area contributed by atoms with E-state index in [2.05, 4.69) is 30.8 Å². The molecule has 1 aliphatic rings. The number of rotatable bonds is 7. The summed E-state index contributed by atoms with van der Waals surface area (Å²) < 4.78 is 5.48. The molecule has 0 bridgehead atoms. The van der Waals surface area contributed by atoms with E-state index in [1.54, 1.807) is 6.33 Å². The minimum absolute atomic E-state index is 0.343. The van der Waals surface area contributed by atoms with Crippen LogP contribution >= 0.6 is 0 Å². The summed E-state index contributed by atoms with van der Waals surface area (Å²) in [7, 11) is 0. The monoisotopic (exact) mass is 316 g/mol. The summed E-state index contributed by atoms with van der Waals surface area (Å²) in [5.74, 6) is 1.70. The number of aromatic amines is 1. The molecule has 1 aliphatic heterocycles. The standard InChI is InChI=1S/C16H24N6O/c1-12-13(9-20-22-12)4-2-6-17-15-8-16(19-11-18-15)21-14-5-3-7-23-10-14/h8-9,11,14H,2-7,10H2,1H3,(H,20,22)(H2,17,18,19,21)/t14-/m0/s1. The molecule has 3 heterocycles. The van der Waals surface area contributed by atoms with Gasteiger partial charge in [-0.3, -0.25) is 5.10 Å². The molecule has 7 heteroatoms. The molecular weight excluding hydrogens is 292 g/mol. The fourth-order valence-electron chi connectivity index (χ4n) is 2.72. The molecule has 0 aliphatic carbocycles. The first-order chi connectivity index (χ1) is 11.3. The zero-order chi connectivity index (χ0) is 15.9. The Balaban J connectivity index is 1.44. The Hall–Kier alpha value is -2.15. The summed E-state index contributed by atoms with van der Waals surface area (Å²) >= 11 is 0. The third-order valence-electron chi connectivity index (χ3n) is 4.04. The first-order valence-electron chi connectivity index (χ1n) is 8.20. The molecule has 1 saturated heterocycles. The molecule has 3 rings (SSSR count). The molecule has 2 aromatic rings. The van der Waals surface area contributed by atoms with Crippen molar-refractivity contribution in [3.63, 3.8) is 0 Å². The lowest BCUT2D eigenvalue weighted by Crippen LogP contribution is -2.30. The molecule has 3 N–H and O–H groups in total. The fourth-order valence-corrected chi connectivity index (χ4v) is 2.72. The molecule has 0 radical (unpaired) electrons. The Morgan fingerprint density at radius 1 is 1.35 bits per heavy atom. The lowest BCUT2D eigenvalue weighted by atomic mass is 10.1. The van der Waals surface area contributed by atoms with Crippen LogP contribution in [0.5, 0.6) is 0 Å². The number of ether oxygens (including phenoxy) is 1. The van der Waals surface area contributed by atoms with Crippen LogP contribution < -0.4 is 10.6 Å². The lowest BCUT2D eigenvalue weighted by Gasteiger charge is -2.23. The van der Waals surface area contributed by atoms with Gasteiger partial charge in [0.25, 0.3) is 0 Å². The molecule has 1 atom stereocenters. The Morgan fingerprint density at radius 2 is 2.26 bits per heavy atom. The third-order valence-corrected chi connectivity index (χ3v) is 4.04. The summed E-state index contributed by atoms with van der Waals surface area (Å²) in [5, 5.41) is 13.8. The highest BCUT2D eigenvalue weighted by molar-refractivity contribution is 5.46. The van der Waals surface area contributed by atoms with Crippen molar-refractivity contribution >= 4 is 11.6 Å². The smallest absolute Gasteiger partial charge is 0.131 e. The van der Waals surface area contributed by atoms with Crippen LogP contribution in [-0.2, 0) is 11.2 Å². The van der Waals surface area contributed by atoms with Crippen molar-refractivity contribution in [2.24, 2.45) is 0 Å². The van der Waals surface area contributed by atoms with Gasteiger partial charge < -0.3 is 15.4 Å². The highest BCUT2D eigenvalue weighted by atomic mass is 16.5. The number of anilines is 2. The topological polar surface area (TPSA) is 87.8 Å². The van der Waals surface area contributed by atoms with Crippen LogP contribution in [0.3, 0.4) is 0 Å². The van der Waals surface area contributed by atoms with Gasteiger partial charge >= 0.3 is 0 Å². The van der Waals surface area contributed by atoms with Crippen molar-refractivity contribution < 1.29 is 4.74 Å². The number of nitrogens with zero attached hydrogens (tertiary/aromatic N) is 3. The average molecular weight is 316 g/mol. The van der Waals surface area contributed by atoms with Crippen molar-refractivity contribution in [2.75, 3.05) is 30.4 Å². The number of hydrogen-bond acceptors (Lipinski definition) is 6. The molecule has 0 unspecified atom stereocenters. The van der Waals surface area contributed by atoms with E-state index >= 15 is 0 Å².